The first-order chi connectivity index (χ1) is 9.72. The zero-order chi connectivity index (χ0) is 14.4. The third kappa shape index (κ3) is 3.87. The van der Waals surface area contributed by atoms with Crippen LogP contribution in [0.1, 0.15) is 19.3 Å². The van der Waals surface area contributed by atoms with E-state index in [2.05, 4.69) is 5.32 Å². The quantitative estimate of drug-likeness (QED) is 0.876. The summed E-state index contributed by atoms with van der Waals surface area (Å²) in [6.45, 7) is 2.08. The Bertz CT molecular complexity index is 453. The molecule has 1 N–H and O–H groups in total. The smallest absolute Gasteiger partial charge is 0.226 e. The molecule has 0 radical (unpaired) electrons. The van der Waals surface area contributed by atoms with Gasteiger partial charge < -0.3 is 15.0 Å². The van der Waals surface area contributed by atoms with Crippen LogP contribution in [0.4, 0.5) is 0 Å². The molecule has 5 heteroatoms. The molecule has 0 spiro atoms. The van der Waals surface area contributed by atoms with E-state index in [1.54, 1.807) is 6.07 Å². The van der Waals surface area contributed by atoms with Crippen molar-refractivity contribution in [3.63, 3.8) is 0 Å². The van der Waals surface area contributed by atoms with Crippen LogP contribution in [0.15, 0.2) is 24.3 Å². The number of amides is 1. The summed E-state index contributed by atoms with van der Waals surface area (Å²) >= 11 is 6.00. The number of hydrogen-bond donors (Lipinski definition) is 1. The Kier molecular flexibility index (Phi) is 5.68. The lowest BCUT2D eigenvalue weighted by molar-refractivity contribution is -0.132. The van der Waals surface area contributed by atoms with Crippen LogP contribution in [0, 0.1) is 0 Å². The SMILES string of the molecule is CNC[C@H]1CCCN1C(=O)CCOc1ccccc1Cl. The molecule has 1 aliphatic heterocycles. The third-order valence-corrected chi connectivity index (χ3v) is 3.86. The number of ether oxygens (including phenoxy) is 1. The number of nitrogens with one attached hydrogen (secondary N) is 1. The van der Waals surface area contributed by atoms with Crippen LogP contribution < -0.4 is 10.1 Å². The van der Waals surface area contributed by atoms with E-state index in [4.69, 9.17) is 16.3 Å². The molecular weight excluding hydrogens is 276 g/mol. The van der Waals surface area contributed by atoms with Gasteiger partial charge in [0.1, 0.15) is 5.75 Å². The molecule has 110 valence electrons. The van der Waals surface area contributed by atoms with Crippen molar-refractivity contribution in [3.8, 4) is 5.75 Å². The molecule has 1 fully saturated rings. The Morgan fingerprint density at radius 2 is 2.30 bits per heavy atom. The monoisotopic (exact) mass is 296 g/mol. The van der Waals surface area contributed by atoms with Crippen molar-refractivity contribution in [3.05, 3.63) is 29.3 Å². The van der Waals surface area contributed by atoms with Crippen LogP contribution in [-0.4, -0.2) is 43.6 Å². The molecule has 1 atom stereocenters. The molecule has 0 unspecified atom stereocenters. The van der Waals surface area contributed by atoms with Crippen molar-refractivity contribution in [1.29, 1.82) is 0 Å². The number of benzene rings is 1. The topological polar surface area (TPSA) is 41.6 Å². The van der Waals surface area contributed by atoms with Gasteiger partial charge in [0.15, 0.2) is 0 Å². The predicted octanol–water partition coefficient (Wildman–Crippen LogP) is 2.32. The highest BCUT2D eigenvalue weighted by Crippen LogP contribution is 2.23. The fraction of sp³-hybridized carbons (Fsp3) is 0.533. The molecule has 2 rings (SSSR count). The zero-order valence-corrected chi connectivity index (χ0v) is 12.5. The Morgan fingerprint density at radius 3 is 3.05 bits per heavy atom. The number of rotatable bonds is 6. The summed E-state index contributed by atoms with van der Waals surface area (Å²) in [4.78, 5) is 14.2. The summed E-state index contributed by atoms with van der Waals surface area (Å²) in [5, 5.41) is 3.72. The maximum absolute atomic E-state index is 12.2. The molecule has 1 saturated heterocycles. The standard InChI is InChI=1S/C15H21ClN2O2/c1-17-11-12-5-4-9-18(12)15(19)8-10-20-14-7-3-2-6-13(14)16/h2-3,6-7,12,17H,4-5,8-11H2,1H3/t12-/m1/s1. The van der Waals surface area contributed by atoms with Gasteiger partial charge in [-0.15, -0.1) is 0 Å². The van der Waals surface area contributed by atoms with E-state index in [0.717, 1.165) is 25.9 Å². The lowest BCUT2D eigenvalue weighted by Gasteiger charge is -2.24. The van der Waals surface area contributed by atoms with Gasteiger partial charge in [0.05, 0.1) is 18.1 Å². The second kappa shape index (κ2) is 7.50. The normalized spacial score (nSPS) is 18.3. The third-order valence-electron chi connectivity index (χ3n) is 3.55. The Hall–Kier alpha value is -1.26. The minimum absolute atomic E-state index is 0.162. The fourth-order valence-electron chi connectivity index (χ4n) is 2.57. The summed E-state index contributed by atoms with van der Waals surface area (Å²) in [6.07, 6.45) is 2.56. The molecule has 4 nitrogen and oxygen atoms in total. The lowest BCUT2D eigenvalue weighted by atomic mass is 10.2. The first kappa shape index (κ1) is 15.1. The highest BCUT2D eigenvalue weighted by atomic mass is 35.5. The minimum atomic E-state index is 0.162. The van der Waals surface area contributed by atoms with Gasteiger partial charge in [0.25, 0.3) is 0 Å². The summed E-state index contributed by atoms with van der Waals surface area (Å²) in [7, 11) is 1.92. The van der Waals surface area contributed by atoms with Crippen LogP contribution in [0.3, 0.4) is 0 Å². The maximum Gasteiger partial charge on any atom is 0.226 e. The fourth-order valence-corrected chi connectivity index (χ4v) is 2.76. The van der Waals surface area contributed by atoms with Crippen molar-refractivity contribution in [1.82, 2.24) is 10.2 Å². The number of hydrogen-bond acceptors (Lipinski definition) is 3. The molecular formula is C15H21ClN2O2. The Balaban J connectivity index is 1.79. The van der Waals surface area contributed by atoms with Crippen LogP contribution >= 0.6 is 11.6 Å². The molecule has 0 aromatic heterocycles. The highest BCUT2D eigenvalue weighted by Gasteiger charge is 2.27. The molecule has 1 aliphatic rings. The van der Waals surface area contributed by atoms with Crippen LogP contribution in [0.5, 0.6) is 5.75 Å². The van der Waals surface area contributed by atoms with Crippen molar-refractivity contribution >= 4 is 17.5 Å². The number of likely N-dealkylation sites (N-methyl/N-ethyl adjacent to an activating group) is 1. The molecule has 1 aromatic rings. The number of carbonyl (C=O) groups excluding carboxylic acids is 1. The van der Waals surface area contributed by atoms with E-state index in [1.807, 2.05) is 30.1 Å². The Morgan fingerprint density at radius 1 is 1.50 bits per heavy atom. The van der Waals surface area contributed by atoms with Crippen molar-refractivity contribution in [2.45, 2.75) is 25.3 Å². The minimum Gasteiger partial charge on any atom is -0.491 e. The van der Waals surface area contributed by atoms with Gasteiger partial charge >= 0.3 is 0 Å². The molecule has 0 aliphatic carbocycles. The molecule has 1 aromatic carbocycles. The summed E-state index contributed by atoms with van der Waals surface area (Å²) < 4.78 is 5.57. The van der Waals surface area contributed by atoms with E-state index in [0.29, 0.717) is 29.8 Å². The summed E-state index contributed by atoms with van der Waals surface area (Å²) in [6, 6.07) is 7.64. The van der Waals surface area contributed by atoms with Gasteiger partial charge in [-0.2, -0.15) is 0 Å². The number of nitrogens with zero attached hydrogens (tertiary/aromatic N) is 1. The average molecular weight is 297 g/mol. The first-order valence-corrected chi connectivity index (χ1v) is 7.41. The maximum atomic E-state index is 12.2. The van der Waals surface area contributed by atoms with Crippen LogP contribution in [0.25, 0.3) is 0 Å². The Labute approximate surface area is 125 Å². The second-order valence-corrected chi connectivity index (χ2v) is 5.38. The number of likely N-dealkylation sites (tertiary alicyclic amines) is 1. The van der Waals surface area contributed by atoms with Gasteiger partial charge in [-0.25, -0.2) is 0 Å². The summed E-state index contributed by atoms with van der Waals surface area (Å²) in [5.74, 6) is 0.796. The van der Waals surface area contributed by atoms with Crippen LogP contribution in [0.2, 0.25) is 5.02 Å². The molecule has 0 saturated carbocycles. The van der Waals surface area contributed by atoms with E-state index >= 15 is 0 Å². The van der Waals surface area contributed by atoms with Crippen molar-refractivity contribution < 1.29 is 9.53 Å². The molecule has 1 amide bonds. The number of halogens is 1. The van der Waals surface area contributed by atoms with Crippen molar-refractivity contribution in [2.75, 3.05) is 26.7 Å². The molecule has 20 heavy (non-hydrogen) atoms. The van der Waals surface area contributed by atoms with Gasteiger partial charge in [-0.3, -0.25) is 4.79 Å². The first-order valence-electron chi connectivity index (χ1n) is 7.03. The number of para-hydroxylation sites is 1. The predicted molar refractivity (Wildman–Crippen MR) is 80.2 cm³/mol. The van der Waals surface area contributed by atoms with E-state index in [9.17, 15) is 4.79 Å². The summed E-state index contributed by atoms with van der Waals surface area (Å²) in [5.41, 5.74) is 0. The van der Waals surface area contributed by atoms with Gasteiger partial charge in [-0.1, -0.05) is 23.7 Å². The molecule has 0 bridgehead atoms. The zero-order valence-electron chi connectivity index (χ0n) is 11.8. The lowest BCUT2D eigenvalue weighted by Crippen LogP contribution is -2.41. The molecule has 1 heterocycles. The average Bonchev–Trinajstić information content (AvgIpc) is 2.89. The van der Waals surface area contributed by atoms with E-state index < -0.39 is 0 Å². The van der Waals surface area contributed by atoms with E-state index in [1.165, 1.54) is 0 Å². The van der Waals surface area contributed by atoms with Gasteiger partial charge in [0, 0.05) is 19.1 Å². The van der Waals surface area contributed by atoms with Crippen molar-refractivity contribution in [2.24, 2.45) is 0 Å². The van der Waals surface area contributed by atoms with Gasteiger partial charge in [-0.05, 0) is 32.0 Å². The number of carbonyl (C=O) groups is 1. The van der Waals surface area contributed by atoms with Crippen LogP contribution in [-0.2, 0) is 4.79 Å². The van der Waals surface area contributed by atoms with Gasteiger partial charge in [0.2, 0.25) is 5.91 Å². The largest absolute Gasteiger partial charge is 0.491 e. The second-order valence-electron chi connectivity index (χ2n) is 4.97. The van der Waals surface area contributed by atoms with E-state index in [-0.39, 0.29) is 5.91 Å². The highest BCUT2D eigenvalue weighted by molar-refractivity contribution is 6.32.